The molecule has 3 aromatic heterocycles. The molecule has 4 N–H and O–H groups in total. The Morgan fingerprint density at radius 1 is 1.03 bits per heavy atom. The first-order valence-corrected chi connectivity index (χ1v) is 9.91. The summed E-state index contributed by atoms with van der Waals surface area (Å²) in [6, 6.07) is 13.8. The summed E-state index contributed by atoms with van der Waals surface area (Å²) in [5.41, 5.74) is 10.5. The van der Waals surface area contributed by atoms with Crippen LogP contribution in [0, 0.1) is 0 Å². The Bertz CT molecular complexity index is 1400. The van der Waals surface area contributed by atoms with Gasteiger partial charge in [0.05, 0.1) is 6.20 Å². The molecule has 0 fully saturated rings. The zero-order chi connectivity index (χ0) is 22.1. The molecule has 2 amide bonds. The van der Waals surface area contributed by atoms with E-state index in [1.165, 1.54) is 12.7 Å². The minimum Gasteiger partial charge on any atom is -0.443 e. The average Bonchev–Trinajstić information content (AvgIpc) is 3.44. The number of hydrogen-bond acceptors (Lipinski definition) is 6. The van der Waals surface area contributed by atoms with E-state index in [-0.39, 0.29) is 6.03 Å². The van der Waals surface area contributed by atoms with Gasteiger partial charge >= 0.3 is 6.03 Å². The number of rotatable bonds is 4. The van der Waals surface area contributed by atoms with Crippen LogP contribution in [0.3, 0.4) is 0 Å². The lowest BCUT2D eigenvalue weighted by atomic mass is 10.0. The van der Waals surface area contributed by atoms with Crippen molar-refractivity contribution in [2.24, 2.45) is 0 Å². The van der Waals surface area contributed by atoms with Crippen LogP contribution in [0.1, 0.15) is 0 Å². The molecule has 3 heterocycles. The molecule has 0 aliphatic rings. The fourth-order valence-electron chi connectivity index (χ4n) is 3.41. The predicted octanol–water partition coefficient (Wildman–Crippen LogP) is 4.93. The molecule has 0 aliphatic carbocycles. The lowest BCUT2D eigenvalue weighted by Gasteiger charge is -2.09. The molecule has 0 radical (unpaired) electrons. The molecule has 2 aromatic carbocycles. The zero-order valence-electron chi connectivity index (χ0n) is 16.5. The summed E-state index contributed by atoms with van der Waals surface area (Å²) in [6.45, 7) is 0. The van der Waals surface area contributed by atoms with E-state index in [2.05, 4.69) is 25.7 Å². The molecule has 0 spiro atoms. The average molecular weight is 446 g/mol. The Morgan fingerprint density at radius 2 is 1.72 bits per heavy atom. The van der Waals surface area contributed by atoms with Gasteiger partial charge in [-0.15, -0.1) is 0 Å². The number of nitrogens with zero attached hydrogens (tertiary/aromatic N) is 4. The van der Waals surface area contributed by atoms with E-state index in [4.69, 9.17) is 21.8 Å². The third kappa shape index (κ3) is 3.72. The van der Waals surface area contributed by atoms with Crippen molar-refractivity contribution in [2.45, 2.75) is 0 Å². The number of aromatic nitrogens is 4. The van der Waals surface area contributed by atoms with Crippen molar-refractivity contribution in [3.8, 4) is 22.5 Å². The lowest BCUT2D eigenvalue weighted by Crippen LogP contribution is -2.19. The Kier molecular flexibility index (Phi) is 4.92. The SMILES string of the molecule is Nc1ncnn2cc(-c3cnco3)c(-c3ccc(NC(=O)Nc4ccc(Cl)cc4)cc3)c12. The molecule has 0 unspecified atom stereocenters. The van der Waals surface area contributed by atoms with Gasteiger partial charge in [-0.2, -0.15) is 5.10 Å². The summed E-state index contributed by atoms with van der Waals surface area (Å²) >= 11 is 5.87. The van der Waals surface area contributed by atoms with Gasteiger partial charge in [-0.1, -0.05) is 23.7 Å². The van der Waals surface area contributed by atoms with Crippen molar-refractivity contribution in [3.05, 3.63) is 78.7 Å². The van der Waals surface area contributed by atoms with Crippen molar-refractivity contribution in [2.75, 3.05) is 16.4 Å². The van der Waals surface area contributed by atoms with E-state index in [9.17, 15) is 4.79 Å². The predicted molar refractivity (Wildman–Crippen MR) is 122 cm³/mol. The molecule has 5 aromatic rings. The molecule has 0 bridgehead atoms. The first-order chi connectivity index (χ1) is 15.6. The van der Waals surface area contributed by atoms with E-state index in [1.807, 2.05) is 18.3 Å². The van der Waals surface area contributed by atoms with Crippen LogP contribution in [-0.4, -0.2) is 25.6 Å². The van der Waals surface area contributed by atoms with Crippen molar-refractivity contribution in [1.29, 1.82) is 0 Å². The summed E-state index contributed by atoms with van der Waals surface area (Å²) in [6.07, 6.45) is 6.19. The summed E-state index contributed by atoms with van der Waals surface area (Å²) in [5, 5.41) is 10.4. The second kappa shape index (κ2) is 8.05. The number of carbonyl (C=O) groups excluding carboxylic acids is 1. The van der Waals surface area contributed by atoms with Gasteiger partial charge in [-0.3, -0.25) is 0 Å². The molecule has 0 atom stereocenters. The molecular formula is C22H16ClN7O2. The summed E-state index contributed by atoms with van der Waals surface area (Å²) < 4.78 is 7.16. The lowest BCUT2D eigenvalue weighted by molar-refractivity contribution is 0.262. The fourth-order valence-corrected chi connectivity index (χ4v) is 3.54. The fraction of sp³-hybridized carbons (Fsp3) is 0. The molecule has 10 heteroatoms. The number of amides is 2. The molecule has 9 nitrogen and oxygen atoms in total. The Hall–Kier alpha value is -4.37. The quantitative estimate of drug-likeness (QED) is 0.360. The Balaban J connectivity index is 1.44. The smallest absolute Gasteiger partial charge is 0.323 e. The largest absolute Gasteiger partial charge is 0.443 e. The van der Waals surface area contributed by atoms with E-state index >= 15 is 0 Å². The van der Waals surface area contributed by atoms with Gasteiger partial charge in [0, 0.05) is 33.7 Å². The highest BCUT2D eigenvalue weighted by Gasteiger charge is 2.19. The normalized spacial score (nSPS) is 10.9. The highest BCUT2D eigenvalue weighted by atomic mass is 35.5. The van der Waals surface area contributed by atoms with E-state index < -0.39 is 0 Å². The van der Waals surface area contributed by atoms with Gasteiger partial charge < -0.3 is 20.8 Å². The molecule has 0 aliphatic heterocycles. The van der Waals surface area contributed by atoms with Crippen molar-refractivity contribution >= 4 is 40.3 Å². The number of oxazole rings is 1. The van der Waals surface area contributed by atoms with Gasteiger partial charge in [0.15, 0.2) is 18.0 Å². The number of halogens is 1. The van der Waals surface area contributed by atoms with Crippen LogP contribution in [0.25, 0.3) is 28.0 Å². The number of fused-ring (bicyclic) bond motifs is 1. The number of benzene rings is 2. The third-order valence-corrected chi connectivity index (χ3v) is 5.09. The minimum absolute atomic E-state index is 0.338. The van der Waals surface area contributed by atoms with Crippen LogP contribution < -0.4 is 16.4 Å². The molecule has 0 saturated heterocycles. The third-order valence-electron chi connectivity index (χ3n) is 4.83. The molecule has 32 heavy (non-hydrogen) atoms. The highest BCUT2D eigenvalue weighted by molar-refractivity contribution is 6.30. The number of anilines is 3. The van der Waals surface area contributed by atoms with Crippen LogP contribution in [0.2, 0.25) is 5.02 Å². The number of carbonyl (C=O) groups is 1. The van der Waals surface area contributed by atoms with Gasteiger partial charge in [-0.25, -0.2) is 19.3 Å². The number of nitrogens with one attached hydrogen (secondary N) is 2. The van der Waals surface area contributed by atoms with Crippen molar-refractivity contribution in [3.63, 3.8) is 0 Å². The monoisotopic (exact) mass is 445 g/mol. The molecule has 5 rings (SSSR count). The number of hydrogen-bond donors (Lipinski definition) is 3. The summed E-state index contributed by atoms with van der Waals surface area (Å²) in [7, 11) is 0. The van der Waals surface area contributed by atoms with E-state index in [1.54, 1.807) is 47.1 Å². The van der Waals surface area contributed by atoms with Crippen LogP contribution in [0.15, 0.2) is 78.1 Å². The maximum Gasteiger partial charge on any atom is 0.323 e. The number of urea groups is 1. The minimum atomic E-state index is -0.366. The second-order valence-electron chi connectivity index (χ2n) is 6.89. The first-order valence-electron chi connectivity index (χ1n) is 9.53. The number of nitrogens with two attached hydrogens (primary N) is 1. The van der Waals surface area contributed by atoms with E-state index in [0.29, 0.717) is 33.5 Å². The van der Waals surface area contributed by atoms with E-state index in [0.717, 1.165) is 16.7 Å². The van der Waals surface area contributed by atoms with Crippen molar-refractivity contribution in [1.82, 2.24) is 19.6 Å². The maximum atomic E-state index is 12.3. The summed E-state index contributed by atoms with van der Waals surface area (Å²) in [4.78, 5) is 20.4. The standard InChI is InChI=1S/C22H16ClN7O2/c23-14-3-7-16(8-4-14)29-22(31)28-15-5-1-13(2-6-15)19-17(18-9-25-12-32-18)10-30-20(19)21(24)26-11-27-30/h1-12H,(H2,24,26,27)(H2,28,29,31). The highest BCUT2D eigenvalue weighted by Crippen LogP contribution is 2.38. The van der Waals surface area contributed by atoms with Gasteiger partial charge in [0.25, 0.3) is 0 Å². The number of nitrogen functional groups attached to an aromatic ring is 1. The zero-order valence-corrected chi connectivity index (χ0v) is 17.2. The summed E-state index contributed by atoms with van der Waals surface area (Å²) in [5.74, 6) is 0.916. The van der Waals surface area contributed by atoms with Crippen molar-refractivity contribution < 1.29 is 9.21 Å². The Labute approximate surface area is 186 Å². The Morgan fingerprint density at radius 3 is 2.38 bits per heavy atom. The van der Waals surface area contributed by atoms with Crippen LogP contribution in [-0.2, 0) is 0 Å². The first kappa shape index (κ1) is 19.6. The van der Waals surface area contributed by atoms with Gasteiger partial charge in [0.1, 0.15) is 11.8 Å². The van der Waals surface area contributed by atoms with Gasteiger partial charge in [0.2, 0.25) is 0 Å². The van der Waals surface area contributed by atoms with Crippen LogP contribution in [0.4, 0.5) is 22.0 Å². The molecular weight excluding hydrogens is 430 g/mol. The second-order valence-corrected chi connectivity index (χ2v) is 7.32. The van der Waals surface area contributed by atoms with Crippen LogP contribution in [0.5, 0.6) is 0 Å². The van der Waals surface area contributed by atoms with Gasteiger partial charge in [-0.05, 0) is 42.0 Å². The molecule has 158 valence electrons. The topological polar surface area (TPSA) is 123 Å². The molecule has 0 saturated carbocycles. The maximum absolute atomic E-state index is 12.3. The van der Waals surface area contributed by atoms with Crippen LogP contribution >= 0.6 is 11.6 Å².